The molecule has 1 unspecified atom stereocenters. The summed E-state index contributed by atoms with van der Waals surface area (Å²) in [5, 5.41) is 12.9. The van der Waals surface area contributed by atoms with Crippen molar-refractivity contribution in [1.29, 1.82) is 0 Å². The third-order valence-corrected chi connectivity index (χ3v) is 4.16. The van der Waals surface area contributed by atoms with Gasteiger partial charge in [-0.25, -0.2) is 0 Å². The van der Waals surface area contributed by atoms with E-state index >= 15 is 0 Å². The van der Waals surface area contributed by atoms with Crippen LogP contribution < -0.4 is 4.90 Å². The van der Waals surface area contributed by atoms with Gasteiger partial charge >= 0.3 is 0 Å². The second kappa shape index (κ2) is 5.69. The lowest BCUT2D eigenvalue weighted by molar-refractivity contribution is -0.939. The zero-order valence-corrected chi connectivity index (χ0v) is 12.3. The van der Waals surface area contributed by atoms with Gasteiger partial charge in [0, 0.05) is 17.5 Å². The van der Waals surface area contributed by atoms with Crippen LogP contribution in [0.5, 0.6) is 0 Å². The van der Waals surface area contributed by atoms with Crippen molar-refractivity contribution in [1.82, 2.24) is 20.2 Å². The van der Waals surface area contributed by atoms with Crippen LogP contribution >= 0.6 is 0 Å². The van der Waals surface area contributed by atoms with Crippen LogP contribution in [0.1, 0.15) is 11.1 Å². The van der Waals surface area contributed by atoms with Gasteiger partial charge in [-0.3, -0.25) is 0 Å². The first kappa shape index (κ1) is 13.2. The van der Waals surface area contributed by atoms with E-state index in [0.29, 0.717) is 5.82 Å². The molecule has 5 heteroatoms. The standard InChI is InChI=1S/C17H17N5/c1-2-7-15(8-3-1)17-18-20-22(19-17)13-21-11-10-14-6-4-5-9-16(14)12-21/h1-9H,10-13H2/p+1. The number of hydrogen-bond acceptors (Lipinski definition) is 3. The highest BCUT2D eigenvalue weighted by Crippen LogP contribution is 2.12. The van der Waals surface area contributed by atoms with E-state index < -0.39 is 0 Å². The molecule has 0 amide bonds. The van der Waals surface area contributed by atoms with Crippen LogP contribution in [0.2, 0.25) is 0 Å². The summed E-state index contributed by atoms with van der Waals surface area (Å²) < 4.78 is 0. The Kier molecular flexibility index (Phi) is 3.40. The van der Waals surface area contributed by atoms with Gasteiger partial charge in [0.2, 0.25) is 5.82 Å². The van der Waals surface area contributed by atoms with Crippen molar-refractivity contribution < 1.29 is 4.90 Å². The lowest BCUT2D eigenvalue weighted by Gasteiger charge is -2.24. The predicted molar refractivity (Wildman–Crippen MR) is 82.9 cm³/mol. The molecule has 0 spiro atoms. The van der Waals surface area contributed by atoms with Gasteiger partial charge in [-0.15, -0.1) is 15.0 Å². The van der Waals surface area contributed by atoms with Gasteiger partial charge < -0.3 is 4.90 Å². The molecule has 1 aromatic heterocycles. The third kappa shape index (κ3) is 2.63. The number of aromatic nitrogens is 4. The Morgan fingerprint density at radius 1 is 0.955 bits per heavy atom. The van der Waals surface area contributed by atoms with Crippen LogP contribution in [0.3, 0.4) is 0 Å². The van der Waals surface area contributed by atoms with Crippen LogP contribution in [-0.4, -0.2) is 26.8 Å². The van der Waals surface area contributed by atoms with E-state index in [1.807, 2.05) is 30.3 Å². The number of nitrogens with zero attached hydrogens (tertiary/aromatic N) is 4. The predicted octanol–water partition coefficient (Wildman–Crippen LogP) is 0.939. The number of fused-ring (bicyclic) bond motifs is 1. The van der Waals surface area contributed by atoms with Crippen molar-refractivity contribution in [3.63, 3.8) is 0 Å². The smallest absolute Gasteiger partial charge is 0.205 e. The van der Waals surface area contributed by atoms with Gasteiger partial charge in [0.15, 0.2) is 6.67 Å². The van der Waals surface area contributed by atoms with Gasteiger partial charge in [0.1, 0.15) is 6.54 Å². The number of benzene rings is 2. The van der Waals surface area contributed by atoms with E-state index in [4.69, 9.17) is 0 Å². The number of hydrogen-bond donors (Lipinski definition) is 1. The molecule has 1 aliphatic rings. The molecule has 0 fully saturated rings. The highest BCUT2D eigenvalue weighted by atomic mass is 15.6. The van der Waals surface area contributed by atoms with Crippen molar-refractivity contribution >= 4 is 0 Å². The van der Waals surface area contributed by atoms with E-state index in [9.17, 15) is 0 Å². The Hall–Kier alpha value is -2.53. The highest BCUT2D eigenvalue weighted by Gasteiger charge is 2.20. The molecule has 2 heterocycles. The van der Waals surface area contributed by atoms with Gasteiger partial charge in [0.25, 0.3) is 0 Å². The molecule has 1 aliphatic heterocycles. The molecular weight excluding hydrogens is 274 g/mol. The Morgan fingerprint density at radius 2 is 1.73 bits per heavy atom. The summed E-state index contributed by atoms with van der Waals surface area (Å²) in [5.41, 5.74) is 3.92. The van der Waals surface area contributed by atoms with Crippen molar-refractivity contribution in [2.45, 2.75) is 19.6 Å². The zero-order valence-electron chi connectivity index (χ0n) is 12.3. The summed E-state index contributed by atoms with van der Waals surface area (Å²) in [6, 6.07) is 18.7. The summed E-state index contributed by atoms with van der Waals surface area (Å²) in [4.78, 5) is 3.18. The Labute approximate surface area is 129 Å². The molecule has 0 radical (unpaired) electrons. The van der Waals surface area contributed by atoms with Crippen LogP contribution in [-0.2, 0) is 19.6 Å². The maximum Gasteiger partial charge on any atom is 0.205 e. The molecule has 5 nitrogen and oxygen atoms in total. The minimum atomic E-state index is 0.692. The number of quaternary nitrogens is 1. The summed E-state index contributed by atoms with van der Waals surface area (Å²) >= 11 is 0. The zero-order chi connectivity index (χ0) is 14.8. The van der Waals surface area contributed by atoms with E-state index in [-0.39, 0.29) is 0 Å². The molecule has 0 saturated carbocycles. The van der Waals surface area contributed by atoms with E-state index in [1.54, 1.807) is 4.80 Å². The van der Waals surface area contributed by atoms with Crippen LogP contribution in [0.15, 0.2) is 54.6 Å². The van der Waals surface area contributed by atoms with E-state index in [2.05, 4.69) is 39.7 Å². The van der Waals surface area contributed by atoms with Crippen LogP contribution in [0, 0.1) is 0 Å². The largest absolute Gasteiger partial charge is 0.311 e. The minimum Gasteiger partial charge on any atom is -0.311 e. The Balaban J connectivity index is 1.48. The quantitative estimate of drug-likeness (QED) is 0.781. The molecular formula is C17H18N5+. The average molecular weight is 292 g/mol. The normalized spacial score (nSPS) is 17.2. The summed E-state index contributed by atoms with van der Waals surface area (Å²) in [6.07, 6.45) is 1.12. The van der Waals surface area contributed by atoms with Crippen molar-refractivity contribution in [2.24, 2.45) is 0 Å². The molecule has 4 rings (SSSR count). The average Bonchev–Trinajstić information content (AvgIpc) is 3.04. The van der Waals surface area contributed by atoms with Crippen LogP contribution in [0.25, 0.3) is 11.4 Å². The first-order chi connectivity index (χ1) is 10.9. The summed E-state index contributed by atoms with van der Waals surface area (Å²) in [6.45, 7) is 2.89. The molecule has 1 N–H and O–H groups in total. The second-order valence-corrected chi connectivity index (χ2v) is 5.70. The minimum absolute atomic E-state index is 0.692. The lowest BCUT2D eigenvalue weighted by Crippen LogP contribution is -3.11. The second-order valence-electron chi connectivity index (χ2n) is 5.70. The lowest BCUT2D eigenvalue weighted by atomic mass is 10.0. The van der Waals surface area contributed by atoms with E-state index in [0.717, 1.165) is 31.7 Å². The van der Waals surface area contributed by atoms with Crippen molar-refractivity contribution in [2.75, 3.05) is 6.54 Å². The maximum absolute atomic E-state index is 4.50. The van der Waals surface area contributed by atoms with Gasteiger partial charge in [-0.2, -0.15) is 0 Å². The molecule has 110 valence electrons. The van der Waals surface area contributed by atoms with Gasteiger partial charge in [-0.1, -0.05) is 54.6 Å². The summed E-state index contributed by atoms with van der Waals surface area (Å²) in [5.74, 6) is 0.692. The number of rotatable bonds is 3. The third-order valence-electron chi connectivity index (χ3n) is 4.16. The topological polar surface area (TPSA) is 48.0 Å². The molecule has 3 aromatic rings. The first-order valence-corrected chi connectivity index (χ1v) is 7.62. The maximum atomic E-state index is 4.50. The van der Waals surface area contributed by atoms with Crippen molar-refractivity contribution in [3.05, 3.63) is 65.7 Å². The van der Waals surface area contributed by atoms with Crippen molar-refractivity contribution in [3.8, 4) is 11.4 Å². The molecule has 0 aliphatic carbocycles. The SMILES string of the molecule is c1ccc(-c2nnn(C[NH+]3CCc4ccccc4C3)n2)cc1. The van der Waals surface area contributed by atoms with Gasteiger partial charge in [0.05, 0.1) is 6.54 Å². The Bertz CT molecular complexity index is 765. The fraction of sp³-hybridized carbons (Fsp3) is 0.235. The first-order valence-electron chi connectivity index (χ1n) is 7.62. The molecule has 1 atom stereocenters. The molecule has 2 aromatic carbocycles. The Morgan fingerprint density at radius 3 is 2.59 bits per heavy atom. The van der Waals surface area contributed by atoms with Gasteiger partial charge in [-0.05, 0) is 10.8 Å². The highest BCUT2D eigenvalue weighted by molar-refractivity contribution is 5.52. The number of tetrazole rings is 1. The molecule has 22 heavy (non-hydrogen) atoms. The number of nitrogens with one attached hydrogen (secondary N) is 1. The summed E-state index contributed by atoms with van der Waals surface area (Å²) in [7, 11) is 0. The van der Waals surface area contributed by atoms with Crippen LogP contribution in [0.4, 0.5) is 0 Å². The monoisotopic (exact) mass is 292 g/mol. The fourth-order valence-corrected chi connectivity index (χ4v) is 2.99. The molecule has 0 saturated heterocycles. The fourth-order valence-electron chi connectivity index (χ4n) is 2.99. The molecule has 0 bridgehead atoms. The van der Waals surface area contributed by atoms with E-state index in [1.165, 1.54) is 16.0 Å².